The Morgan fingerprint density at radius 3 is 1.59 bits per heavy atom. The molecule has 0 radical (unpaired) electrons. The number of nitrogen functional groups attached to an aromatic ring is 1. The number of amidine groups is 1. The van der Waals surface area contributed by atoms with Gasteiger partial charge in [0.15, 0.2) is 5.96 Å². The van der Waals surface area contributed by atoms with Crippen LogP contribution in [0.4, 0.5) is 18.9 Å². The van der Waals surface area contributed by atoms with Crippen molar-refractivity contribution in [2.45, 2.75) is 222 Å². The number of nitrogens with zero attached hydrogens (tertiary/aromatic N) is 4. The number of carbonyl (C=O) groups excluding carboxylic acids is 12. The maximum absolute atomic E-state index is 15.3. The minimum absolute atomic E-state index is 0.0171. The van der Waals surface area contributed by atoms with Crippen LogP contribution in [0.15, 0.2) is 103 Å². The number of alkyl halides is 3. The molecule has 1 aliphatic carbocycles. The number of halogens is 3. The molecule has 0 spiro atoms. The average Bonchev–Trinajstić information content (AvgIpc) is 1.21. The highest BCUT2D eigenvalue weighted by molar-refractivity contribution is 6.01. The molecule has 12 amide bonds. The molecular formula is C85H117F3N20O14. The number of piperazine rings is 1. The average molecular weight is 1700 g/mol. The molecule has 1 saturated carbocycles. The molecule has 5 aliphatic rings. The van der Waals surface area contributed by atoms with Gasteiger partial charge >= 0.3 is 12.1 Å². The number of nitrogens with one attached hydrogen (secondary N) is 13. The van der Waals surface area contributed by atoms with Gasteiger partial charge in [-0.15, -0.1) is 0 Å². The summed E-state index contributed by atoms with van der Waals surface area (Å²) in [5.41, 5.74) is 18.5. The van der Waals surface area contributed by atoms with Crippen molar-refractivity contribution in [1.29, 1.82) is 10.8 Å². The Kier molecular flexibility index (Phi) is 34.5. The van der Waals surface area contributed by atoms with Gasteiger partial charge in [0.2, 0.25) is 70.9 Å². The highest BCUT2D eigenvalue weighted by Crippen LogP contribution is 2.38. The van der Waals surface area contributed by atoms with E-state index in [0.717, 1.165) is 12.5 Å². The Morgan fingerprint density at radius 1 is 0.508 bits per heavy atom. The number of benzene rings is 4. The Balaban J connectivity index is 0.887. The second-order valence-corrected chi connectivity index (χ2v) is 32.6. The van der Waals surface area contributed by atoms with Gasteiger partial charge < -0.3 is 95.5 Å². The summed E-state index contributed by atoms with van der Waals surface area (Å²) in [7, 11) is 0. The van der Waals surface area contributed by atoms with Crippen LogP contribution in [0.25, 0.3) is 11.1 Å². The van der Waals surface area contributed by atoms with Crippen LogP contribution < -0.4 is 75.7 Å². The first-order chi connectivity index (χ1) is 58.1. The predicted octanol–water partition coefficient (Wildman–Crippen LogP) is 1.56. The van der Waals surface area contributed by atoms with E-state index in [1.165, 1.54) is 71.0 Å². The van der Waals surface area contributed by atoms with E-state index in [2.05, 4.69) is 58.5 Å². The monoisotopic (exact) mass is 1700 g/mol. The highest BCUT2D eigenvalue weighted by Gasteiger charge is 2.46. The van der Waals surface area contributed by atoms with Gasteiger partial charge in [-0.05, 0) is 142 Å². The molecule has 0 aromatic heterocycles. The lowest BCUT2D eigenvalue weighted by Crippen LogP contribution is -2.61. The van der Waals surface area contributed by atoms with E-state index in [1.54, 1.807) is 54.6 Å². The molecule has 37 heteroatoms. The number of rotatable bonds is 39. The fourth-order valence-electron chi connectivity index (χ4n) is 16.4. The van der Waals surface area contributed by atoms with Gasteiger partial charge in [0.25, 0.3) is 0 Å². The lowest BCUT2D eigenvalue weighted by molar-refractivity contribution is -0.144. The van der Waals surface area contributed by atoms with Crippen LogP contribution in [-0.2, 0) is 87.8 Å². The summed E-state index contributed by atoms with van der Waals surface area (Å²) in [6.07, 6.45) is -0.935. The van der Waals surface area contributed by atoms with Crippen molar-refractivity contribution >= 4 is 94.3 Å². The number of carbonyl (C=O) groups is 13. The fraction of sp³-hybridized carbons (Fsp3) is 0.541. The maximum Gasteiger partial charge on any atom is 0.417 e. The number of aliphatic carboxylic acids is 1. The molecule has 4 aromatic rings. The summed E-state index contributed by atoms with van der Waals surface area (Å²) in [4.78, 5) is 191. The van der Waals surface area contributed by atoms with Crippen molar-refractivity contribution in [1.82, 2.24) is 78.1 Å². The van der Waals surface area contributed by atoms with Crippen molar-refractivity contribution in [3.8, 4) is 11.1 Å². The zero-order chi connectivity index (χ0) is 88.5. The summed E-state index contributed by atoms with van der Waals surface area (Å²) in [6.45, 7) is 9.35. The molecule has 12 atom stereocenters. The molecule has 0 unspecified atom stereocenters. The van der Waals surface area contributed by atoms with Gasteiger partial charge in [0, 0.05) is 77.3 Å². The molecule has 9 rings (SSSR count). The number of hydrogen-bond acceptors (Lipinski definition) is 18. The summed E-state index contributed by atoms with van der Waals surface area (Å²) < 4.78 is 42.9. The van der Waals surface area contributed by atoms with E-state index in [4.69, 9.17) is 22.6 Å². The quantitative estimate of drug-likeness (QED) is 0.0130. The predicted molar refractivity (Wildman–Crippen MR) is 447 cm³/mol. The van der Waals surface area contributed by atoms with Gasteiger partial charge in [-0.2, -0.15) is 13.2 Å². The normalized spacial score (nSPS) is 19.1. The van der Waals surface area contributed by atoms with E-state index >= 15 is 9.59 Å². The molecule has 4 aromatic carbocycles. The van der Waals surface area contributed by atoms with E-state index in [1.807, 2.05) is 18.7 Å². The van der Waals surface area contributed by atoms with E-state index < -0.39 is 179 Å². The smallest absolute Gasteiger partial charge is 0.417 e. The van der Waals surface area contributed by atoms with Crippen molar-refractivity contribution in [2.75, 3.05) is 64.6 Å². The standard InChI is InChI=1S/C85H117F3N20O14/c1-49(2)43-61(101-77(116)62(45-54-29-33-57(89)34-30-54)98-69(109)48-105-41-36-94-37-42-105)75(114)96-50(3)72(90)99-65(46-53-27-31-55(32-28-53)58-21-11-12-22-59(58)85(86,87)88)82(121)107-39-15-25-67(107)79(118)103-64(47-70(110)111)76(115)97-51(4)74(113)104-71(56-19-9-6-10-20-56)83(122)108-40-16-26-68(108)80(119)102-63(44-52-17-7-5-8-18-52)78(117)100-60(23-13-35-95-84(92)93)81(120)106-38-14-24-66(106)73(91)112/h5,7-8,11-12,17-18,21-22,27-34,49-51,56,60-68,71,94H,6,9-10,13-16,19-20,23-26,35-48,89H2,1-4H3,(H2,90,99)(H2,91,112)(H,96,114)(H,97,115)(H,98,109)(H,100,117)(H,101,116)(H,102,119)(H,103,118)(H,104,113)(H,110,111)(H4,92,93,95)/t50-,51-,60-,61-,62-,63-,64-,65-,66-,67-,68-,71-/m0/s1. The fourth-order valence-corrected chi connectivity index (χ4v) is 16.4. The highest BCUT2D eigenvalue weighted by atomic mass is 19.4. The summed E-state index contributed by atoms with van der Waals surface area (Å²) >= 11 is 0. The second-order valence-electron chi connectivity index (χ2n) is 32.6. The molecule has 0 bridgehead atoms. The number of likely N-dealkylation sites (tertiary alicyclic amines) is 3. The van der Waals surface area contributed by atoms with Gasteiger partial charge in [-0.3, -0.25) is 78.0 Å². The number of amides is 12. The number of primary amides is 1. The van der Waals surface area contributed by atoms with Crippen LogP contribution in [-0.4, -0.2) is 245 Å². The lowest BCUT2D eigenvalue weighted by atomic mass is 9.83. The Morgan fingerprint density at radius 2 is 1.01 bits per heavy atom. The maximum atomic E-state index is 15.3. The first kappa shape index (κ1) is 94.1. The van der Waals surface area contributed by atoms with Gasteiger partial charge in [0.1, 0.15) is 72.3 Å². The molecule has 34 nitrogen and oxygen atoms in total. The number of guanidine groups is 1. The summed E-state index contributed by atoms with van der Waals surface area (Å²) in [5, 5.41) is 57.9. The van der Waals surface area contributed by atoms with Crippen LogP contribution in [0, 0.1) is 22.7 Å². The Bertz CT molecular complexity index is 4360. The zero-order valence-electron chi connectivity index (χ0n) is 69.4. The van der Waals surface area contributed by atoms with Gasteiger partial charge in [-0.25, -0.2) is 0 Å². The van der Waals surface area contributed by atoms with Crippen molar-refractivity contribution < 1.29 is 80.6 Å². The summed E-state index contributed by atoms with van der Waals surface area (Å²) in [5.74, 6) is -11.9. The van der Waals surface area contributed by atoms with Gasteiger partial charge in [-0.1, -0.05) is 118 Å². The van der Waals surface area contributed by atoms with Crippen LogP contribution in [0.3, 0.4) is 0 Å². The van der Waals surface area contributed by atoms with Crippen LogP contribution >= 0.6 is 0 Å². The van der Waals surface area contributed by atoms with Crippen LogP contribution in [0.2, 0.25) is 0 Å². The van der Waals surface area contributed by atoms with Crippen molar-refractivity contribution in [3.63, 3.8) is 0 Å². The van der Waals surface area contributed by atoms with Crippen molar-refractivity contribution in [3.05, 3.63) is 125 Å². The van der Waals surface area contributed by atoms with Crippen molar-refractivity contribution in [2.24, 2.45) is 23.3 Å². The molecule has 122 heavy (non-hydrogen) atoms. The second kappa shape index (κ2) is 44.7. The topological polar surface area (TPSA) is 513 Å². The Labute approximate surface area is 707 Å². The Hall–Kier alpha value is -11.8. The molecule has 5 fully saturated rings. The van der Waals surface area contributed by atoms with Gasteiger partial charge in [0.05, 0.1) is 24.6 Å². The number of hydrogen-bond donors (Lipinski definition) is 17. The molecule has 4 saturated heterocycles. The van der Waals surface area contributed by atoms with E-state index in [0.29, 0.717) is 93.5 Å². The number of carboxylic acids is 1. The molecular weight excluding hydrogens is 1580 g/mol. The minimum atomic E-state index is -4.71. The molecule has 20 N–H and O–H groups in total. The molecule has 4 aliphatic heterocycles. The third-order valence-electron chi connectivity index (χ3n) is 22.9. The molecule has 4 heterocycles. The third-order valence-corrected chi connectivity index (χ3v) is 22.9. The zero-order valence-corrected chi connectivity index (χ0v) is 69.4. The number of anilines is 1. The number of carboxylic acid groups (broad SMARTS) is 1. The summed E-state index contributed by atoms with van der Waals surface area (Å²) in [6, 6.07) is 10.7. The lowest BCUT2D eigenvalue weighted by Gasteiger charge is -2.35. The first-order valence-corrected chi connectivity index (χ1v) is 42.0. The largest absolute Gasteiger partial charge is 0.481 e. The van der Waals surface area contributed by atoms with E-state index in [9.17, 15) is 76.4 Å². The first-order valence-electron chi connectivity index (χ1n) is 42.0. The number of nitrogens with two attached hydrogens (primary N) is 3. The SMILES string of the molecule is CC(C)C[C@H](NC(=O)[C@H](Cc1ccc(N)cc1)NC(=O)CN1CCNCC1)C(=O)N[C@@H](C)C(=N)N[C@@H](Cc1ccc(-c2ccccc2C(F)(F)F)cc1)C(=O)N1CCC[C@H]1C(=O)N[C@@H](CC(=O)O)C(=O)N[C@@H](C)C(=O)N[C@H](C(=O)N1CCC[C@H]1C(=O)N[C@@H](Cc1ccccc1)C(=O)N[C@@H](CCCNC(=N)N)C(=O)N1CCC[C@H]1C(N)=O)C1CCCCC1. The van der Waals surface area contributed by atoms with Crippen LogP contribution in [0.1, 0.15) is 146 Å². The third kappa shape index (κ3) is 27.1. The minimum Gasteiger partial charge on any atom is -0.481 e. The van der Waals surface area contributed by atoms with E-state index in [-0.39, 0.29) is 114 Å². The molecule has 662 valence electrons. The van der Waals surface area contributed by atoms with Crippen LogP contribution in [0.5, 0.6) is 0 Å².